The van der Waals surface area contributed by atoms with E-state index < -0.39 is 0 Å². The predicted molar refractivity (Wildman–Crippen MR) is 61.8 cm³/mol. The van der Waals surface area contributed by atoms with Gasteiger partial charge in [-0.1, -0.05) is 13.8 Å². The summed E-state index contributed by atoms with van der Waals surface area (Å²) in [5, 5.41) is 3.50. The minimum absolute atomic E-state index is 0.209. The Balaban J connectivity index is 2.58. The van der Waals surface area contributed by atoms with Gasteiger partial charge in [-0.05, 0) is 25.5 Å². The van der Waals surface area contributed by atoms with Gasteiger partial charge in [-0.25, -0.2) is 0 Å². The first kappa shape index (κ1) is 12.5. The van der Waals surface area contributed by atoms with Crippen LogP contribution in [0.3, 0.4) is 0 Å². The molecule has 3 heteroatoms. The standard InChI is InChI=1S/C12H23NO2/c1-4-8-13-12(10(5-2)14-3)11-7-6-9-15-11/h7,10,12-13H,4-6,8-9H2,1-3H3. The fourth-order valence-electron chi connectivity index (χ4n) is 1.91. The quantitative estimate of drug-likeness (QED) is 0.702. The van der Waals surface area contributed by atoms with Crippen molar-refractivity contribution in [1.82, 2.24) is 5.32 Å². The van der Waals surface area contributed by atoms with Gasteiger partial charge in [0.1, 0.15) is 5.76 Å². The zero-order chi connectivity index (χ0) is 11.1. The Labute approximate surface area is 92.8 Å². The lowest BCUT2D eigenvalue weighted by Gasteiger charge is -2.26. The molecular formula is C12H23NO2. The molecule has 0 aliphatic carbocycles. The molecule has 15 heavy (non-hydrogen) atoms. The molecule has 0 radical (unpaired) electrons. The average Bonchev–Trinajstić information content (AvgIpc) is 2.77. The van der Waals surface area contributed by atoms with E-state index in [0.29, 0.717) is 0 Å². The number of hydrogen-bond donors (Lipinski definition) is 1. The summed E-state index contributed by atoms with van der Waals surface area (Å²) in [7, 11) is 1.77. The normalized spacial score (nSPS) is 19.5. The molecule has 88 valence electrons. The molecule has 1 aliphatic rings. The van der Waals surface area contributed by atoms with Crippen LogP contribution in [0.5, 0.6) is 0 Å². The highest BCUT2D eigenvalue weighted by Gasteiger charge is 2.25. The van der Waals surface area contributed by atoms with E-state index in [9.17, 15) is 0 Å². The van der Waals surface area contributed by atoms with Crippen molar-refractivity contribution in [3.05, 3.63) is 11.8 Å². The number of rotatable bonds is 7. The molecule has 1 N–H and O–H groups in total. The summed E-state index contributed by atoms with van der Waals surface area (Å²) in [6.45, 7) is 6.14. The largest absolute Gasteiger partial charge is 0.496 e. The highest BCUT2D eigenvalue weighted by atomic mass is 16.5. The van der Waals surface area contributed by atoms with Gasteiger partial charge in [0.25, 0.3) is 0 Å². The molecule has 0 saturated heterocycles. The van der Waals surface area contributed by atoms with Crippen molar-refractivity contribution in [3.63, 3.8) is 0 Å². The highest BCUT2D eigenvalue weighted by Crippen LogP contribution is 2.19. The molecule has 0 saturated carbocycles. The second kappa shape index (κ2) is 6.85. The number of nitrogens with one attached hydrogen (secondary N) is 1. The molecule has 1 rings (SSSR count). The third kappa shape index (κ3) is 3.50. The summed E-state index contributed by atoms with van der Waals surface area (Å²) < 4.78 is 11.1. The van der Waals surface area contributed by atoms with Crippen molar-refractivity contribution in [2.75, 3.05) is 20.3 Å². The van der Waals surface area contributed by atoms with Crippen LogP contribution in [0.4, 0.5) is 0 Å². The summed E-state index contributed by atoms with van der Waals surface area (Å²) >= 11 is 0. The summed E-state index contributed by atoms with van der Waals surface area (Å²) in [5.74, 6) is 1.07. The van der Waals surface area contributed by atoms with Crippen LogP contribution in [0.2, 0.25) is 0 Å². The molecule has 0 amide bonds. The molecule has 2 atom stereocenters. The van der Waals surface area contributed by atoms with Crippen molar-refractivity contribution in [1.29, 1.82) is 0 Å². The van der Waals surface area contributed by atoms with E-state index in [4.69, 9.17) is 9.47 Å². The van der Waals surface area contributed by atoms with E-state index in [1.807, 2.05) is 0 Å². The second-order valence-electron chi connectivity index (χ2n) is 3.86. The van der Waals surface area contributed by atoms with Gasteiger partial charge in [-0.2, -0.15) is 0 Å². The monoisotopic (exact) mass is 213 g/mol. The molecule has 0 aromatic rings. The lowest BCUT2D eigenvalue weighted by atomic mass is 10.1. The zero-order valence-corrected chi connectivity index (χ0v) is 10.1. The Morgan fingerprint density at radius 1 is 1.53 bits per heavy atom. The zero-order valence-electron chi connectivity index (χ0n) is 10.1. The van der Waals surface area contributed by atoms with Gasteiger partial charge < -0.3 is 14.8 Å². The van der Waals surface area contributed by atoms with Crippen molar-refractivity contribution in [3.8, 4) is 0 Å². The maximum atomic E-state index is 5.62. The van der Waals surface area contributed by atoms with Crippen LogP contribution < -0.4 is 5.32 Å². The first-order chi connectivity index (χ1) is 7.33. The number of ether oxygens (including phenoxy) is 2. The Kier molecular flexibility index (Phi) is 5.73. The predicted octanol–water partition coefficient (Wildman–Crippen LogP) is 2.08. The fourth-order valence-corrected chi connectivity index (χ4v) is 1.91. The average molecular weight is 213 g/mol. The topological polar surface area (TPSA) is 30.5 Å². The summed E-state index contributed by atoms with van der Waals surface area (Å²) in [6.07, 6.45) is 5.54. The summed E-state index contributed by atoms with van der Waals surface area (Å²) in [4.78, 5) is 0. The Bertz CT molecular complexity index is 200. The van der Waals surface area contributed by atoms with Gasteiger partial charge >= 0.3 is 0 Å². The van der Waals surface area contributed by atoms with Gasteiger partial charge in [0, 0.05) is 13.5 Å². The van der Waals surface area contributed by atoms with Gasteiger partial charge in [0.15, 0.2) is 0 Å². The first-order valence-corrected chi connectivity index (χ1v) is 5.92. The first-order valence-electron chi connectivity index (χ1n) is 5.92. The third-order valence-corrected chi connectivity index (χ3v) is 2.73. The molecule has 1 aliphatic heterocycles. The maximum Gasteiger partial charge on any atom is 0.112 e. The van der Waals surface area contributed by atoms with Gasteiger partial charge in [-0.15, -0.1) is 0 Å². The second-order valence-corrected chi connectivity index (χ2v) is 3.86. The van der Waals surface area contributed by atoms with E-state index in [-0.39, 0.29) is 12.1 Å². The Morgan fingerprint density at radius 3 is 2.80 bits per heavy atom. The van der Waals surface area contributed by atoms with Crippen molar-refractivity contribution >= 4 is 0 Å². The summed E-state index contributed by atoms with van der Waals surface area (Å²) in [6, 6.07) is 0.224. The SMILES string of the molecule is CCCNC(C1=CCCO1)C(CC)OC. The molecule has 0 aromatic heterocycles. The molecule has 2 unspecified atom stereocenters. The van der Waals surface area contributed by atoms with E-state index >= 15 is 0 Å². The highest BCUT2D eigenvalue weighted by molar-refractivity contribution is 5.09. The van der Waals surface area contributed by atoms with Crippen LogP contribution in [-0.4, -0.2) is 32.4 Å². The lowest BCUT2D eigenvalue weighted by molar-refractivity contribution is 0.0557. The van der Waals surface area contributed by atoms with Crippen LogP contribution >= 0.6 is 0 Å². The third-order valence-electron chi connectivity index (χ3n) is 2.73. The van der Waals surface area contributed by atoms with E-state index in [1.165, 1.54) is 0 Å². The molecule has 1 heterocycles. The minimum atomic E-state index is 0.209. The number of methoxy groups -OCH3 is 1. The van der Waals surface area contributed by atoms with Gasteiger partial charge in [0.05, 0.1) is 18.8 Å². The van der Waals surface area contributed by atoms with Gasteiger partial charge in [-0.3, -0.25) is 0 Å². The molecule has 3 nitrogen and oxygen atoms in total. The van der Waals surface area contributed by atoms with Crippen molar-refractivity contribution < 1.29 is 9.47 Å². The van der Waals surface area contributed by atoms with E-state index in [1.54, 1.807) is 7.11 Å². The Hall–Kier alpha value is -0.540. The minimum Gasteiger partial charge on any atom is -0.496 e. The van der Waals surface area contributed by atoms with Crippen LogP contribution in [0.25, 0.3) is 0 Å². The number of hydrogen-bond acceptors (Lipinski definition) is 3. The molecule has 0 bridgehead atoms. The molecule has 0 fully saturated rings. The fraction of sp³-hybridized carbons (Fsp3) is 0.833. The van der Waals surface area contributed by atoms with Crippen LogP contribution in [0.1, 0.15) is 33.1 Å². The maximum absolute atomic E-state index is 5.62. The van der Waals surface area contributed by atoms with E-state index in [0.717, 1.165) is 38.2 Å². The molecule has 0 spiro atoms. The van der Waals surface area contributed by atoms with Crippen molar-refractivity contribution in [2.45, 2.75) is 45.3 Å². The molecule has 0 aromatic carbocycles. The summed E-state index contributed by atoms with van der Waals surface area (Å²) in [5.41, 5.74) is 0. The Morgan fingerprint density at radius 2 is 2.33 bits per heavy atom. The van der Waals surface area contributed by atoms with Crippen LogP contribution in [-0.2, 0) is 9.47 Å². The lowest BCUT2D eigenvalue weighted by Crippen LogP contribution is -2.42. The van der Waals surface area contributed by atoms with Gasteiger partial charge in [0.2, 0.25) is 0 Å². The van der Waals surface area contributed by atoms with E-state index in [2.05, 4.69) is 25.2 Å². The van der Waals surface area contributed by atoms with Crippen LogP contribution in [0, 0.1) is 0 Å². The van der Waals surface area contributed by atoms with Crippen molar-refractivity contribution in [2.24, 2.45) is 0 Å². The smallest absolute Gasteiger partial charge is 0.112 e. The molecular weight excluding hydrogens is 190 g/mol. The van der Waals surface area contributed by atoms with Crippen LogP contribution in [0.15, 0.2) is 11.8 Å².